The van der Waals surface area contributed by atoms with Gasteiger partial charge in [0.25, 0.3) is 0 Å². The van der Waals surface area contributed by atoms with Crippen LogP contribution in [0.25, 0.3) is 11.0 Å². The number of carbonyl (C=O) groups is 3. The molecular formula is C21H21N5O4S. The fraction of sp³-hybridized carbons (Fsp3) is 0.429. The van der Waals surface area contributed by atoms with Gasteiger partial charge < -0.3 is 20.7 Å². The number of carbonyl (C=O) groups excluding carboxylic acids is 2. The quantitative estimate of drug-likeness (QED) is 0.599. The molecule has 2 saturated heterocycles. The van der Waals surface area contributed by atoms with E-state index in [9.17, 15) is 19.5 Å². The Hall–Kier alpha value is -2.85. The Morgan fingerprint density at radius 3 is 2.84 bits per heavy atom. The highest BCUT2D eigenvalue weighted by molar-refractivity contribution is 8.00. The fourth-order valence-corrected chi connectivity index (χ4v) is 6.75. The number of aliphatic carboxylic acids is 1. The van der Waals surface area contributed by atoms with E-state index >= 15 is 0 Å². The van der Waals surface area contributed by atoms with Crippen LogP contribution in [0.4, 0.5) is 0 Å². The molecule has 9 nitrogen and oxygen atoms in total. The van der Waals surface area contributed by atoms with E-state index < -0.39 is 12.0 Å². The summed E-state index contributed by atoms with van der Waals surface area (Å²) in [6.07, 6.45) is 0.819. The van der Waals surface area contributed by atoms with E-state index in [4.69, 9.17) is 5.73 Å². The summed E-state index contributed by atoms with van der Waals surface area (Å²) in [6, 6.07) is 7.09. The number of rotatable bonds is 4. The summed E-state index contributed by atoms with van der Waals surface area (Å²) >= 11 is 1.49. The molecule has 0 radical (unpaired) electrons. The van der Waals surface area contributed by atoms with Crippen LogP contribution in [0.2, 0.25) is 0 Å². The van der Waals surface area contributed by atoms with Gasteiger partial charge in [-0.15, -0.1) is 11.8 Å². The number of nitrogens with zero attached hydrogens (tertiary/aromatic N) is 3. The molecule has 3 fully saturated rings. The topological polar surface area (TPSA) is 133 Å². The van der Waals surface area contributed by atoms with Gasteiger partial charge in [-0.1, -0.05) is 12.1 Å². The highest BCUT2D eigenvalue weighted by Crippen LogP contribution is 2.59. The Labute approximate surface area is 181 Å². The van der Waals surface area contributed by atoms with Gasteiger partial charge in [-0.2, -0.15) is 0 Å². The molecule has 3 aliphatic heterocycles. The fourth-order valence-electron chi connectivity index (χ4n) is 5.38. The van der Waals surface area contributed by atoms with Crippen molar-refractivity contribution < 1.29 is 19.5 Å². The van der Waals surface area contributed by atoms with Gasteiger partial charge in [0, 0.05) is 18.2 Å². The van der Waals surface area contributed by atoms with Gasteiger partial charge in [-0.25, -0.2) is 9.78 Å². The SMILES string of the molecule is N[C@@H]1C(=O)N2C(C(=O)O)=C(C3C4CCN(Cc5nc6ccccc6[nH]5)C(=O)C43)CS[C@H]12. The molecule has 4 aliphatic rings. The van der Waals surface area contributed by atoms with Crippen LogP contribution in [0.15, 0.2) is 35.5 Å². The number of β-lactam (4-membered cyclic amide) rings is 1. The van der Waals surface area contributed by atoms with Crippen molar-refractivity contribution in [1.29, 1.82) is 0 Å². The van der Waals surface area contributed by atoms with Crippen molar-refractivity contribution in [1.82, 2.24) is 19.8 Å². The molecule has 3 unspecified atom stereocenters. The van der Waals surface area contributed by atoms with E-state index in [0.717, 1.165) is 23.3 Å². The third-order valence-electron chi connectivity index (χ3n) is 6.92. The van der Waals surface area contributed by atoms with Crippen molar-refractivity contribution in [3.8, 4) is 0 Å². The second kappa shape index (κ2) is 6.57. The number of fused-ring (bicyclic) bond motifs is 3. The zero-order valence-electron chi connectivity index (χ0n) is 16.5. The Balaban J connectivity index is 1.24. The zero-order chi connectivity index (χ0) is 21.4. The van der Waals surface area contributed by atoms with Crippen molar-refractivity contribution in [2.45, 2.75) is 24.4 Å². The number of aromatic nitrogens is 2. The van der Waals surface area contributed by atoms with E-state index in [1.807, 2.05) is 29.2 Å². The van der Waals surface area contributed by atoms with Gasteiger partial charge in [0.1, 0.15) is 22.9 Å². The molecule has 31 heavy (non-hydrogen) atoms. The van der Waals surface area contributed by atoms with Crippen LogP contribution < -0.4 is 5.73 Å². The Bertz CT molecular complexity index is 1140. The number of para-hydroxylation sites is 2. The number of carboxylic acid groups (broad SMARTS) is 1. The average molecular weight is 439 g/mol. The summed E-state index contributed by atoms with van der Waals surface area (Å²) in [5.41, 5.74) is 8.40. The van der Waals surface area contributed by atoms with E-state index in [1.54, 1.807) is 0 Å². The largest absolute Gasteiger partial charge is 0.477 e. The number of imidazole rings is 1. The minimum Gasteiger partial charge on any atom is -0.477 e. The lowest BCUT2D eigenvalue weighted by Gasteiger charge is -2.48. The molecule has 160 valence electrons. The highest BCUT2D eigenvalue weighted by atomic mass is 32.2. The number of H-pyrrole nitrogens is 1. The van der Waals surface area contributed by atoms with Crippen LogP contribution >= 0.6 is 11.8 Å². The second-order valence-corrected chi connectivity index (χ2v) is 9.68. The molecule has 1 aromatic heterocycles. The number of aromatic amines is 1. The number of piperidine rings is 1. The zero-order valence-corrected chi connectivity index (χ0v) is 17.3. The van der Waals surface area contributed by atoms with Crippen LogP contribution in [0.5, 0.6) is 0 Å². The molecule has 1 saturated carbocycles. The molecule has 2 aromatic rings. The molecule has 6 rings (SSSR count). The Morgan fingerprint density at radius 2 is 2.06 bits per heavy atom. The van der Waals surface area contributed by atoms with E-state index in [2.05, 4.69) is 9.97 Å². The molecule has 5 atom stereocenters. The summed E-state index contributed by atoms with van der Waals surface area (Å²) in [5, 5.41) is 9.50. The van der Waals surface area contributed by atoms with Gasteiger partial charge in [0.15, 0.2) is 0 Å². The monoisotopic (exact) mass is 439 g/mol. The minimum atomic E-state index is -1.12. The van der Waals surface area contributed by atoms with Crippen LogP contribution in [0, 0.1) is 17.8 Å². The number of carboxylic acids is 1. The van der Waals surface area contributed by atoms with Gasteiger partial charge in [-0.05, 0) is 36.0 Å². The van der Waals surface area contributed by atoms with Crippen molar-refractivity contribution in [3.63, 3.8) is 0 Å². The van der Waals surface area contributed by atoms with Gasteiger partial charge in [0.2, 0.25) is 11.8 Å². The smallest absolute Gasteiger partial charge is 0.352 e. The molecule has 1 aliphatic carbocycles. The standard InChI is InChI=1S/C21H21N5O4S/c22-16-19(28)26-17(21(29)30)10(8-31-20(16)26)14-9-5-6-25(18(27)15(9)14)7-13-23-11-3-1-2-4-12(11)24-13/h1-4,9,14-16,20H,5-8,22H2,(H,23,24)(H,29,30)/t9?,14?,15?,16-,20-/m1/s1. The molecule has 10 heteroatoms. The predicted molar refractivity (Wildman–Crippen MR) is 112 cm³/mol. The van der Waals surface area contributed by atoms with Crippen LogP contribution in [-0.2, 0) is 20.9 Å². The van der Waals surface area contributed by atoms with Crippen LogP contribution in [0.1, 0.15) is 12.2 Å². The van der Waals surface area contributed by atoms with Gasteiger partial charge >= 0.3 is 5.97 Å². The third-order valence-corrected chi connectivity index (χ3v) is 8.24. The van der Waals surface area contributed by atoms with Crippen molar-refractivity contribution in [2.75, 3.05) is 12.3 Å². The number of nitrogens with one attached hydrogen (secondary N) is 1. The van der Waals surface area contributed by atoms with E-state index in [0.29, 0.717) is 24.4 Å². The summed E-state index contributed by atoms with van der Waals surface area (Å²) in [6.45, 7) is 1.02. The lowest BCUT2D eigenvalue weighted by molar-refractivity contribution is -0.148. The number of likely N-dealkylation sites (tertiary alicyclic amines) is 1. The summed E-state index contributed by atoms with van der Waals surface area (Å²) < 4.78 is 0. The number of hydrogen-bond acceptors (Lipinski definition) is 6. The first kappa shape index (κ1) is 18.9. The number of nitrogens with two attached hydrogens (primary N) is 1. The normalized spacial score (nSPS) is 32.1. The minimum absolute atomic E-state index is 0.0395. The van der Waals surface area contributed by atoms with E-state index in [-0.39, 0.29) is 40.6 Å². The molecule has 0 spiro atoms. The molecule has 1 aromatic carbocycles. The maximum absolute atomic E-state index is 13.2. The van der Waals surface area contributed by atoms with Gasteiger partial charge in [0.05, 0.1) is 17.6 Å². The second-order valence-electron chi connectivity index (χ2n) is 8.58. The number of hydrogen-bond donors (Lipinski definition) is 3. The molecule has 0 bridgehead atoms. The maximum Gasteiger partial charge on any atom is 0.352 e. The maximum atomic E-state index is 13.2. The van der Waals surface area contributed by atoms with Crippen LogP contribution in [0.3, 0.4) is 0 Å². The lowest BCUT2D eigenvalue weighted by atomic mass is 10.00. The van der Waals surface area contributed by atoms with Crippen molar-refractivity contribution >= 4 is 40.6 Å². The predicted octanol–water partition coefficient (Wildman–Crippen LogP) is 0.739. The Kier molecular flexibility index (Phi) is 4.00. The Morgan fingerprint density at radius 1 is 1.26 bits per heavy atom. The molecule has 4 heterocycles. The summed E-state index contributed by atoms with van der Waals surface area (Å²) in [4.78, 5) is 48.4. The number of benzene rings is 1. The molecule has 4 N–H and O–H groups in total. The summed E-state index contributed by atoms with van der Waals surface area (Å²) in [7, 11) is 0. The van der Waals surface area contributed by atoms with E-state index in [1.165, 1.54) is 16.7 Å². The first-order valence-electron chi connectivity index (χ1n) is 10.3. The molecular weight excluding hydrogens is 418 g/mol. The van der Waals surface area contributed by atoms with Crippen LogP contribution in [-0.4, -0.2) is 66.4 Å². The first-order valence-corrected chi connectivity index (χ1v) is 11.4. The van der Waals surface area contributed by atoms with Gasteiger partial charge in [-0.3, -0.25) is 14.5 Å². The highest BCUT2D eigenvalue weighted by Gasteiger charge is 2.62. The summed E-state index contributed by atoms with van der Waals surface area (Å²) in [5.74, 6) is -0.375. The third kappa shape index (κ3) is 2.67. The lowest BCUT2D eigenvalue weighted by Crippen LogP contribution is -2.68. The average Bonchev–Trinajstić information content (AvgIpc) is 3.36. The van der Waals surface area contributed by atoms with Crippen molar-refractivity contribution in [2.24, 2.45) is 23.5 Å². The first-order chi connectivity index (χ1) is 15.0. The van der Waals surface area contributed by atoms with Crippen molar-refractivity contribution in [3.05, 3.63) is 41.4 Å². The number of thioether (sulfide) groups is 1. The number of amides is 2. The molecule has 2 amide bonds.